The van der Waals surface area contributed by atoms with Crippen LogP contribution in [0.4, 0.5) is 0 Å². The van der Waals surface area contributed by atoms with Crippen LogP contribution in [0.5, 0.6) is 0 Å². The molecule has 0 N–H and O–H groups in total. The first-order valence-electron chi connectivity index (χ1n) is 10.5. The molecule has 0 radical (unpaired) electrons. The van der Waals surface area contributed by atoms with E-state index in [-0.39, 0.29) is 17.9 Å². The van der Waals surface area contributed by atoms with Crippen LogP contribution >= 0.6 is 0 Å². The molecule has 3 atom stereocenters. The van der Waals surface area contributed by atoms with E-state index < -0.39 is 10.0 Å². The van der Waals surface area contributed by atoms with E-state index in [0.717, 1.165) is 12.0 Å². The van der Waals surface area contributed by atoms with Gasteiger partial charge in [0.05, 0.1) is 4.90 Å². The van der Waals surface area contributed by atoms with Crippen molar-refractivity contribution in [3.63, 3.8) is 0 Å². The molecule has 1 heterocycles. The molecular formula is C26H25NO2S. The zero-order valence-corrected chi connectivity index (χ0v) is 17.8. The van der Waals surface area contributed by atoms with Gasteiger partial charge in [-0.2, -0.15) is 4.31 Å². The molecule has 0 unspecified atom stereocenters. The third-order valence-corrected chi connectivity index (χ3v) is 8.37. The van der Waals surface area contributed by atoms with Gasteiger partial charge in [0.15, 0.2) is 0 Å². The van der Waals surface area contributed by atoms with E-state index >= 15 is 0 Å². The van der Waals surface area contributed by atoms with Gasteiger partial charge in [-0.25, -0.2) is 8.42 Å². The minimum Gasteiger partial charge on any atom is -0.207 e. The Hall–Kier alpha value is -2.69. The average molecular weight is 416 g/mol. The first kappa shape index (κ1) is 19.3. The quantitative estimate of drug-likeness (QED) is 0.583. The first-order valence-corrected chi connectivity index (χ1v) is 11.9. The number of hydrogen-bond donors (Lipinski definition) is 0. The lowest BCUT2D eigenvalue weighted by atomic mass is 9.81. The predicted molar refractivity (Wildman–Crippen MR) is 121 cm³/mol. The minimum atomic E-state index is -3.53. The molecular weight excluding hydrogens is 390 g/mol. The van der Waals surface area contributed by atoms with Crippen molar-refractivity contribution in [3.05, 3.63) is 108 Å². The van der Waals surface area contributed by atoms with Crippen molar-refractivity contribution in [1.29, 1.82) is 0 Å². The summed E-state index contributed by atoms with van der Waals surface area (Å²) >= 11 is 0. The summed E-state index contributed by atoms with van der Waals surface area (Å²) in [7, 11) is -3.53. The van der Waals surface area contributed by atoms with Crippen LogP contribution in [0.3, 0.4) is 0 Å². The van der Waals surface area contributed by atoms with Crippen LogP contribution in [0.15, 0.2) is 95.9 Å². The smallest absolute Gasteiger partial charge is 0.207 e. The Morgan fingerprint density at radius 3 is 2.13 bits per heavy atom. The lowest BCUT2D eigenvalue weighted by molar-refractivity contribution is 0.393. The Kier molecular flexibility index (Phi) is 4.84. The lowest BCUT2D eigenvalue weighted by Crippen LogP contribution is -2.35. The number of nitrogens with zero attached hydrogens (tertiary/aromatic N) is 1. The van der Waals surface area contributed by atoms with Gasteiger partial charge in [-0.05, 0) is 48.1 Å². The van der Waals surface area contributed by atoms with Crippen LogP contribution in [0, 0.1) is 12.8 Å². The van der Waals surface area contributed by atoms with Crippen molar-refractivity contribution in [1.82, 2.24) is 4.31 Å². The Morgan fingerprint density at radius 2 is 1.47 bits per heavy atom. The molecule has 1 fully saturated rings. The molecule has 1 aliphatic heterocycles. The van der Waals surface area contributed by atoms with E-state index in [1.165, 1.54) is 16.7 Å². The summed E-state index contributed by atoms with van der Waals surface area (Å²) in [6, 6.07) is 28.0. The van der Waals surface area contributed by atoms with Crippen LogP contribution in [0.2, 0.25) is 0 Å². The normalized spacial score (nSPS) is 23.9. The van der Waals surface area contributed by atoms with Gasteiger partial charge in [0.1, 0.15) is 0 Å². The van der Waals surface area contributed by atoms with E-state index in [0.29, 0.717) is 11.4 Å². The highest BCUT2D eigenvalue weighted by molar-refractivity contribution is 7.89. The van der Waals surface area contributed by atoms with Crippen molar-refractivity contribution in [2.75, 3.05) is 6.54 Å². The zero-order chi connectivity index (χ0) is 20.7. The summed E-state index contributed by atoms with van der Waals surface area (Å²) < 4.78 is 28.7. The molecule has 5 rings (SSSR count). The van der Waals surface area contributed by atoms with Gasteiger partial charge in [-0.15, -0.1) is 0 Å². The van der Waals surface area contributed by atoms with Crippen molar-refractivity contribution >= 4 is 15.6 Å². The van der Waals surface area contributed by atoms with E-state index in [1.807, 2.05) is 43.3 Å². The summed E-state index contributed by atoms with van der Waals surface area (Å²) in [4.78, 5) is 0.381. The topological polar surface area (TPSA) is 37.4 Å². The Balaban J connectivity index is 1.57. The number of fused-ring (bicyclic) bond motifs is 1. The maximum Gasteiger partial charge on any atom is 0.243 e. The Bertz CT molecular complexity index is 1170. The standard InChI is InChI=1S/C26H25NO2S/c1-19-12-14-22(15-13-19)30(28,29)27-17-16-23-25(27)18-24(20-8-4-2-5-9-20)26(23)21-10-6-3-7-11-21/h2-15,18,23,25-26H,16-17H2,1H3/t23-,25-,26+/m0/s1. The van der Waals surface area contributed by atoms with Gasteiger partial charge in [-0.1, -0.05) is 84.4 Å². The molecule has 3 nitrogen and oxygen atoms in total. The maximum atomic E-state index is 13.5. The van der Waals surface area contributed by atoms with Crippen LogP contribution in [0.1, 0.15) is 29.0 Å². The number of rotatable bonds is 4. The van der Waals surface area contributed by atoms with Gasteiger partial charge in [-0.3, -0.25) is 0 Å². The highest BCUT2D eigenvalue weighted by Gasteiger charge is 2.48. The van der Waals surface area contributed by atoms with Gasteiger partial charge in [0.2, 0.25) is 10.0 Å². The lowest BCUT2D eigenvalue weighted by Gasteiger charge is -2.25. The van der Waals surface area contributed by atoms with E-state index in [2.05, 4.69) is 42.5 Å². The second-order valence-electron chi connectivity index (χ2n) is 8.25. The molecule has 1 aliphatic carbocycles. The van der Waals surface area contributed by atoms with Crippen molar-refractivity contribution in [2.45, 2.75) is 30.2 Å². The molecule has 30 heavy (non-hydrogen) atoms. The molecule has 3 aromatic carbocycles. The summed E-state index contributed by atoms with van der Waals surface area (Å²) in [6.45, 7) is 2.53. The molecule has 3 aromatic rings. The number of sulfonamides is 1. The zero-order valence-electron chi connectivity index (χ0n) is 17.0. The fourth-order valence-electron chi connectivity index (χ4n) is 5.02. The van der Waals surface area contributed by atoms with Crippen LogP contribution in [-0.2, 0) is 10.0 Å². The molecule has 2 aliphatic rings. The molecule has 1 saturated heterocycles. The highest BCUT2D eigenvalue weighted by atomic mass is 32.2. The summed E-state index contributed by atoms with van der Waals surface area (Å²) in [6.07, 6.45) is 3.07. The number of aryl methyl sites for hydroxylation is 1. The second kappa shape index (κ2) is 7.53. The SMILES string of the molecule is Cc1ccc(S(=O)(=O)N2CC[C@@H]3[C@@H](c4ccccc4)C(c4ccccc4)=C[C@@H]32)cc1. The highest BCUT2D eigenvalue weighted by Crippen LogP contribution is 2.51. The summed E-state index contributed by atoms with van der Waals surface area (Å²) in [5, 5.41) is 0. The van der Waals surface area contributed by atoms with Gasteiger partial charge in [0.25, 0.3) is 0 Å². The van der Waals surface area contributed by atoms with Gasteiger partial charge >= 0.3 is 0 Å². The molecule has 0 spiro atoms. The molecule has 4 heteroatoms. The molecule has 152 valence electrons. The van der Waals surface area contributed by atoms with Crippen molar-refractivity contribution < 1.29 is 8.42 Å². The minimum absolute atomic E-state index is 0.114. The fourth-order valence-corrected chi connectivity index (χ4v) is 6.65. The van der Waals surface area contributed by atoms with E-state index in [4.69, 9.17) is 0 Å². The molecule has 0 bridgehead atoms. The Morgan fingerprint density at radius 1 is 0.833 bits per heavy atom. The average Bonchev–Trinajstić information content (AvgIpc) is 3.35. The Labute approximate surface area is 178 Å². The monoisotopic (exact) mass is 415 g/mol. The van der Waals surface area contributed by atoms with E-state index in [1.54, 1.807) is 16.4 Å². The number of allylic oxidation sites excluding steroid dienone is 1. The molecule has 0 saturated carbocycles. The number of benzene rings is 3. The third-order valence-electron chi connectivity index (χ3n) is 6.46. The van der Waals surface area contributed by atoms with Crippen LogP contribution < -0.4 is 0 Å². The van der Waals surface area contributed by atoms with Crippen LogP contribution in [-0.4, -0.2) is 25.3 Å². The van der Waals surface area contributed by atoms with Crippen molar-refractivity contribution in [2.24, 2.45) is 5.92 Å². The second-order valence-corrected chi connectivity index (χ2v) is 10.1. The fraction of sp³-hybridized carbons (Fsp3) is 0.231. The third kappa shape index (κ3) is 3.21. The predicted octanol–water partition coefficient (Wildman–Crippen LogP) is 5.26. The number of hydrogen-bond acceptors (Lipinski definition) is 2. The maximum absolute atomic E-state index is 13.5. The molecule has 0 aromatic heterocycles. The largest absolute Gasteiger partial charge is 0.243 e. The summed E-state index contributed by atoms with van der Waals surface area (Å²) in [5.74, 6) is 0.458. The van der Waals surface area contributed by atoms with Crippen molar-refractivity contribution in [3.8, 4) is 0 Å². The van der Waals surface area contributed by atoms with Crippen LogP contribution in [0.25, 0.3) is 5.57 Å². The van der Waals surface area contributed by atoms with Gasteiger partial charge < -0.3 is 0 Å². The molecule has 0 amide bonds. The first-order chi connectivity index (χ1) is 14.6. The van der Waals surface area contributed by atoms with E-state index in [9.17, 15) is 8.42 Å². The van der Waals surface area contributed by atoms with Gasteiger partial charge in [0, 0.05) is 18.5 Å². The summed E-state index contributed by atoms with van der Waals surface area (Å²) in [5.41, 5.74) is 4.73.